The van der Waals surface area contributed by atoms with E-state index in [1.54, 1.807) is 24.3 Å². The van der Waals surface area contributed by atoms with Crippen LogP contribution in [0.3, 0.4) is 0 Å². The molecule has 1 N–H and O–H groups in total. The highest BCUT2D eigenvalue weighted by molar-refractivity contribution is 5.79. The summed E-state index contributed by atoms with van der Waals surface area (Å²) in [5, 5.41) is 9.31. The molecular weight excluding hydrogens is 278 g/mol. The van der Waals surface area contributed by atoms with Gasteiger partial charge in [0.25, 0.3) is 0 Å². The van der Waals surface area contributed by atoms with Crippen LogP contribution in [-0.2, 0) is 0 Å². The largest absolute Gasteiger partial charge is 0.507 e. The second-order valence-corrected chi connectivity index (χ2v) is 4.17. The Morgan fingerprint density at radius 2 is 1.86 bits per heavy atom. The first-order chi connectivity index (χ1) is 10.1. The van der Waals surface area contributed by atoms with Crippen molar-refractivity contribution in [2.24, 2.45) is 0 Å². The Morgan fingerprint density at radius 1 is 1.14 bits per heavy atom. The molecule has 0 spiro atoms. The average Bonchev–Trinajstić information content (AvgIpc) is 2.46. The molecular formula is C14H9NO6. The Morgan fingerprint density at radius 3 is 2.52 bits per heavy atom. The fraction of sp³-hybridized carbons (Fsp3) is 0.0714. The first kappa shape index (κ1) is 12.9. The van der Waals surface area contributed by atoms with Gasteiger partial charge in [0.05, 0.1) is 13.2 Å². The second kappa shape index (κ2) is 4.78. The summed E-state index contributed by atoms with van der Waals surface area (Å²) in [6.07, 6.45) is 0. The Kier molecular flexibility index (Phi) is 2.94. The Balaban J connectivity index is 2.24. The molecule has 0 aliphatic heterocycles. The van der Waals surface area contributed by atoms with Gasteiger partial charge in [-0.3, -0.25) is 0 Å². The molecule has 7 heteroatoms. The number of methoxy groups -OCH3 is 1. The van der Waals surface area contributed by atoms with Crippen molar-refractivity contribution in [2.75, 3.05) is 7.11 Å². The zero-order valence-corrected chi connectivity index (χ0v) is 10.8. The molecule has 0 amide bonds. The molecule has 3 aromatic rings. The van der Waals surface area contributed by atoms with E-state index in [0.29, 0.717) is 11.3 Å². The predicted molar refractivity (Wildman–Crippen MR) is 72.5 cm³/mol. The maximum atomic E-state index is 11.9. The van der Waals surface area contributed by atoms with Crippen LogP contribution in [0.25, 0.3) is 22.6 Å². The summed E-state index contributed by atoms with van der Waals surface area (Å²) in [5.74, 6) is 0.0822. The van der Waals surface area contributed by atoms with E-state index in [1.807, 2.05) is 0 Å². The van der Waals surface area contributed by atoms with E-state index in [0.717, 1.165) is 6.07 Å². The van der Waals surface area contributed by atoms with Crippen LogP contribution in [0.15, 0.2) is 48.8 Å². The highest BCUT2D eigenvalue weighted by Crippen LogP contribution is 2.23. The third kappa shape index (κ3) is 2.25. The van der Waals surface area contributed by atoms with Crippen molar-refractivity contribution in [3.8, 4) is 23.0 Å². The number of fused-ring (bicyclic) bond motifs is 1. The van der Waals surface area contributed by atoms with Gasteiger partial charge in [-0.25, -0.2) is 9.59 Å². The number of aromatic hydroxyl groups is 1. The van der Waals surface area contributed by atoms with Gasteiger partial charge in [0.1, 0.15) is 11.5 Å². The number of hydrogen-bond donors (Lipinski definition) is 1. The predicted octanol–water partition coefficient (Wildman–Crippen LogP) is 1.52. The normalized spacial score (nSPS) is 10.7. The maximum absolute atomic E-state index is 11.9. The van der Waals surface area contributed by atoms with Gasteiger partial charge in [0.15, 0.2) is 5.39 Å². The first-order valence-corrected chi connectivity index (χ1v) is 5.91. The molecule has 0 saturated carbocycles. The monoisotopic (exact) mass is 287 g/mol. The van der Waals surface area contributed by atoms with Crippen molar-refractivity contribution < 1.29 is 18.7 Å². The third-order valence-electron chi connectivity index (χ3n) is 2.86. The lowest BCUT2D eigenvalue weighted by molar-refractivity contribution is 0.414. The highest BCUT2D eigenvalue weighted by Gasteiger charge is 2.15. The fourth-order valence-electron chi connectivity index (χ4n) is 1.85. The molecule has 3 rings (SSSR count). The number of rotatable bonds is 2. The van der Waals surface area contributed by atoms with Gasteiger partial charge < -0.3 is 18.7 Å². The van der Waals surface area contributed by atoms with Crippen LogP contribution < -0.4 is 16.0 Å². The van der Waals surface area contributed by atoms with Crippen LogP contribution in [0.1, 0.15) is 0 Å². The van der Waals surface area contributed by atoms with Gasteiger partial charge >= 0.3 is 11.3 Å². The number of ether oxygens (including phenoxy) is 1. The number of aromatic nitrogens is 1. The van der Waals surface area contributed by atoms with Crippen LogP contribution >= 0.6 is 0 Å². The van der Waals surface area contributed by atoms with Gasteiger partial charge in [-0.15, -0.1) is 0 Å². The van der Waals surface area contributed by atoms with E-state index in [1.165, 1.54) is 7.11 Å². The van der Waals surface area contributed by atoms with E-state index in [4.69, 9.17) is 13.6 Å². The van der Waals surface area contributed by atoms with E-state index in [2.05, 4.69) is 4.98 Å². The van der Waals surface area contributed by atoms with E-state index < -0.39 is 17.0 Å². The van der Waals surface area contributed by atoms with Crippen LogP contribution in [-0.4, -0.2) is 17.2 Å². The standard InChI is InChI=1S/C14H9NO6/c1-19-8-4-2-7(3-5-8)12-15-13-11(14(18)21-12)9(16)6-10(17)20-13/h2-6,16H,1H3. The fourth-order valence-corrected chi connectivity index (χ4v) is 1.85. The molecule has 0 radical (unpaired) electrons. The summed E-state index contributed by atoms with van der Waals surface area (Å²) < 4.78 is 14.9. The van der Waals surface area contributed by atoms with Crippen molar-refractivity contribution in [3.63, 3.8) is 0 Å². The van der Waals surface area contributed by atoms with Gasteiger partial charge in [-0.2, -0.15) is 4.98 Å². The zero-order chi connectivity index (χ0) is 15.0. The Labute approximate surface area is 117 Å². The minimum Gasteiger partial charge on any atom is -0.507 e. The van der Waals surface area contributed by atoms with Crippen molar-refractivity contribution in [1.82, 2.24) is 4.98 Å². The molecule has 0 unspecified atom stereocenters. The van der Waals surface area contributed by atoms with Gasteiger partial charge in [-0.05, 0) is 24.3 Å². The molecule has 0 saturated heterocycles. The zero-order valence-electron chi connectivity index (χ0n) is 10.8. The van der Waals surface area contributed by atoms with Gasteiger partial charge in [0, 0.05) is 5.56 Å². The van der Waals surface area contributed by atoms with Gasteiger partial charge in [-0.1, -0.05) is 0 Å². The van der Waals surface area contributed by atoms with Gasteiger partial charge in [0.2, 0.25) is 11.6 Å². The summed E-state index contributed by atoms with van der Waals surface area (Å²) in [4.78, 5) is 27.1. The molecule has 0 atom stereocenters. The Bertz CT molecular complexity index is 923. The molecule has 1 aromatic carbocycles. The van der Waals surface area contributed by atoms with E-state index in [9.17, 15) is 14.7 Å². The minimum absolute atomic E-state index is 0.0242. The summed E-state index contributed by atoms with van der Waals surface area (Å²) in [6, 6.07) is 7.39. The van der Waals surface area contributed by atoms with Crippen LogP contribution in [0, 0.1) is 0 Å². The topological polar surface area (TPSA) is 103 Å². The molecule has 2 heterocycles. The lowest BCUT2D eigenvalue weighted by Crippen LogP contribution is -2.07. The summed E-state index contributed by atoms with van der Waals surface area (Å²) >= 11 is 0. The summed E-state index contributed by atoms with van der Waals surface area (Å²) in [6.45, 7) is 0. The SMILES string of the molecule is COc1ccc(-c2nc3oc(=O)cc(O)c3c(=O)o2)cc1. The molecule has 0 fully saturated rings. The molecule has 0 bridgehead atoms. The first-order valence-electron chi connectivity index (χ1n) is 5.91. The van der Waals surface area contributed by atoms with Crippen LogP contribution in [0.2, 0.25) is 0 Å². The van der Waals surface area contributed by atoms with Crippen LogP contribution in [0.5, 0.6) is 11.5 Å². The smallest absolute Gasteiger partial charge is 0.354 e. The van der Waals surface area contributed by atoms with E-state index >= 15 is 0 Å². The molecule has 7 nitrogen and oxygen atoms in total. The maximum Gasteiger partial charge on any atom is 0.354 e. The van der Waals surface area contributed by atoms with Crippen molar-refractivity contribution in [3.05, 3.63) is 51.2 Å². The molecule has 2 aromatic heterocycles. The number of nitrogens with zero attached hydrogens (tertiary/aromatic N) is 1. The molecule has 21 heavy (non-hydrogen) atoms. The van der Waals surface area contributed by atoms with Crippen molar-refractivity contribution in [1.29, 1.82) is 0 Å². The Hall–Kier alpha value is -3.09. The van der Waals surface area contributed by atoms with Crippen LogP contribution in [0.4, 0.5) is 0 Å². The molecule has 0 aliphatic rings. The molecule has 106 valence electrons. The minimum atomic E-state index is -0.841. The lowest BCUT2D eigenvalue weighted by atomic mass is 10.2. The lowest BCUT2D eigenvalue weighted by Gasteiger charge is -2.03. The van der Waals surface area contributed by atoms with E-state index in [-0.39, 0.29) is 17.0 Å². The average molecular weight is 287 g/mol. The highest BCUT2D eigenvalue weighted by atomic mass is 16.5. The second-order valence-electron chi connectivity index (χ2n) is 4.17. The summed E-state index contributed by atoms with van der Waals surface area (Å²) in [5.41, 5.74) is -1.42. The third-order valence-corrected chi connectivity index (χ3v) is 2.86. The number of hydrogen-bond acceptors (Lipinski definition) is 7. The van der Waals surface area contributed by atoms with Crippen molar-refractivity contribution >= 4 is 11.1 Å². The summed E-state index contributed by atoms with van der Waals surface area (Å²) in [7, 11) is 1.53. The number of benzene rings is 1. The molecule has 0 aliphatic carbocycles. The van der Waals surface area contributed by atoms with Crippen molar-refractivity contribution in [2.45, 2.75) is 0 Å². The quantitative estimate of drug-likeness (QED) is 0.762.